The molecule has 2 aromatic carbocycles. The Bertz CT molecular complexity index is 862. The van der Waals surface area contributed by atoms with Crippen molar-refractivity contribution < 1.29 is 26.0 Å². The zero-order chi connectivity index (χ0) is 20.1. The Kier molecular flexibility index (Phi) is 7.00. The minimum Gasteiger partial charge on any atom is -0.207 e. The molecule has 0 atom stereocenters. The first-order valence-corrected chi connectivity index (χ1v) is 10.1. The number of halogens is 4. The normalized spacial score (nSPS) is 12.3. The number of hydrogen-bond acceptors (Lipinski definition) is 2. The molecule has 0 aliphatic carbocycles. The zero-order valence-electron chi connectivity index (χ0n) is 14.8. The minimum atomic E-state index is -4.71. The van der Waals surface area contributed by atoms with Gasteiger partial charge in [-0.2, -0.15) is 13.2 Å². The van der Waals surface area contributed by atoms with Crippen LogP contribution in [0.5, 0.6) is 0 Å². The summed E-state index contributed by atoms with van der Waals surface area (Å²) in [6.07, 6.45) is -0.655. The first-order chi connectivity index (χ1) is 12.6. The molecule has 0 fully saturated rings. The van der Waals surface area contributed by atoms with Crippen LogP contribution in [0.4, 0.5) is 17.6 Å². The fourth-order valence-corrected chi connectivity index (χ4v) is 3.61. The topological polar surface area (TPSA) is 46.2 Å². The van der Waals surface area contributed by atoms with E-state index in [-0.39, 0.29) is 10.5 Å². The van der Waals surface area contributed by atoms with Crippen molar-refractivity contribution in [2.75, 3.05) is 0 Å². The van der Waals surface area contributed by atoms with Crippen LogP contribution in [0.25, 0.3) is 0 Å². The summed E-state index contributed by atoms with van der Waals surface area (Å²) in [5, 5.41) is 0. The molecule has 148 valence electrons. The summed E-state index contributed by atoms with van der Waals surface area (Å²) in [5.41, 5.74) is -0.252. The van der Waals surface area contributed by atoms with Gasteiger partial charge in [0, 0.05) is 6.54 Å². The SMILES string of the molecule is CCCCCc1ccc(S(=O)(=O)NCc2cc(F)cc(C(F)(F)F)c2)cc1. The van der Waals surface area contributed by atoms with Crippen molar-refractivity contribution >= 4 is 10.0 Å². The van der Waals surface area contributed by atoms with E-state index in [9.17, 15) is 26.0 Å². The van der Waals surface area contributed by atoms with Gasteiger partial charge in [0.2, 0.25) is 10.0 Å². The predicted octanol–water partition coefficient (Wildman–Crippen LogP) is 5.06. The van der Waals surface area contributed by atoms with Crippen LogP contribution in [0.2, 0.25) is 0 Å². The summed E-state index contributed by atoms with van der Waals surface area (Å²) >= 11 is 0. The Hall–Kier alpha value is -1.93. The first-order valence-electron chi connectivity index (χ1n) is 8.57. The standard InChI is InChI=1S/C19H21F4NO2S/c1-2-3-4-5-14-6-8-18(9-7-14)27(25,26)24-13-15-10-16(19(21,22)23)12-17(20)11-15/h6-12,24H,2-5,13H2,1H3. The molecule has 0 saturated carbocycles. The molecule has 0 heterocycles. The average Bonchev–Trinajstić information content (AvgIpc) is 2.60. The highest BCUT2D eigenvalue weighted by Gasteiger charge is 2.31. The van der Waals surface area contributed by atoms with Gasteiger partial charge in [-0.3, -0.25) is 0 Å². The minimum absolute atomic E-state index is 0.00851. The number of aryl methyl sites for hydroxylation is 1. The van der Waals surface area contributed by atoms with E-state index in [1.54, 1.807) is 12.1 Å². The van der Waals surface area contributed by atoms with Crippen molar-refractivity contribution in [2.24, 2.45) is 0 Å². The molecule has 0 aromatic heterocycles. The summed E-state index contributed by atoms with van der Waals surface area (Å²) < 4.78 is 78.4. The van der Waals surface area contributed by atoms with Crippen molar-refractivity contribution in [2.45, 2.75) is 50.2 Å². The fourth-order valence-electron chi connectivity index (χ4n) is 2.59. The molecule has 0 aliphatic rings. The third kappa shape index (κ3) is 6.32. The summed E-state index contributed by atoms with van der Waals surface area (Å²) in [6, 6.07) is 8.31. The van der Waals surface area contributed by atoms with Crippen molar-refractivity contribution in [3.8, 4) is 0 Å². The maximum atomic E-state index is 13.4. The molecule has 0 radical (unpaired) electrons. The van der Waals surface area contributed by atoms with E-state index in [0.717, 1.165) is 43.4 Å². The van der Waals surface area contributed by atoms with Crippen LogP contribution in [0.15, 0.2) is 47.4 Å². The molecule has 0 unspecified atom stereocenters. The Morgan fingerprint density at radius 3 is 2.22 bits per heavy atom. The maximum Gasteiger partial charge on any atom is 0.416 e. The van der Waals surface area contributed by atoms with Gasteiger partial charge < -0.3 is 0 Å². The molecule has 1 N–H and O–H groups in total. The molecule has 27 heavy (non-hydrogen) atoms. The van der Waals surface area contributed by atoms with E-state index in [1.165, 1.54) is 12.1 Å². The molecule has 0 bridgehead atoms. The van der Waals surface area contributed by atoms with E-state index in [4.69, 9.17) is 0 Å². The second kappa shape index (κ2) is 8.84. The lowest BCUT2D eigenvalue weighted by atomic mass is 10.1. The zero-order valence-corrected chi connectivity index (χ0v) is 15.6. The Balaban J connectivity index is 2.07. The molecule has 0 saturated heterocycles. The molecule has 0 spiro atoms. The van der Waals surface area contributed by atoms with E-state index in [0.29, 0.717) is 6.07 Å². The lowest BCUT2D eigenvalue weighted by Gasteiger charge is -2.11. The predicted molar refractivity (Wildman–Crippen MR) is 95.1 cm³/mol. The van der Waals surface area contributed by atoms with Gasteiger partial charge in [0.25, 0.3) is 0 Å². The molecular formula is C19H21F4NO2S. The van der Waals surface area contributed by atoms with Gasteiger partial charge in [-0.15, -0.1) is 0 Å². The third-order valence-electron chi connectivity index (χ3n) is 4.05. The van der Waals surface area contributed by atoms with Crippen LogP contribution in [0.1, 0.15) is 42.9 Å². The summed E-state index contributed by atoms with van der Waals surface area (Å²) in [4.78, 5) is 0.00851. The molecule has 0 aliphatic heterocycles. The molecule has 8 heteroatoms. The molecule has 2 aromatic rings. The van der Waals surface area contributed by atoms with Gasteiger partial charge in [-0.05, 0) is 54.3 Å². The van der Waals surface area contributed by atoms with Crippen molar-refractivity contribution in [3.05, 3.63) is 65.0 Å². The molecule has 0 amide bonds. The smallest absolute Gasteiger partial charge is 0.207 e. The quantitative estimate of drug-likeness (QED) is 0.495. The average molecular weight is 403 g/mol. The summed E-state index contributed by atoms with van der Waals surface area (Å²) in [6.45, 7) is 1.65. The second-order valence-electron chi connectivity index (χ2n) is 6.27. The Morgan fingerprint density at radius 2 is 1.63 bits per heavy atom. The van der Waals surface area contributed by atoms with Gasteiger partial charge in [0.15, 0.2) is 0 Å². The number of sulfonamides is 1. The molecule has 2 rings (SSSR count). The maximum absolute atomic E-state index is 13.4. The van der Waals surface area contributed by atoms with Crippen molar-refractivity contribution in [1.82, 2.24) is 4.72 Å². The van der Waals surface area contributed by atoms with E-state index < -0.39 is 34.1 Å². The second-order valence-corrected chi connectivity index (χ2v) is 8.04. The number of benzene rings is 2. The van der Waals surface area contributed by atoms with Crippen molar-refractivity contribution in [1.29, 1.82) is 0 Å². The number of hydrogen-bond donors (Lipinski definition) is 1. The number of alkyl halides is 3. The van der Waals surface area contributed by atoms with Gasteiger partial charge in [-0.1, -0.05) is 31.9 Å². The molecular weight excluding hydrogens is 382 g/mol. The number of rotatable bonds is 8. The third-order valence-corrected chi connectivity index (χ3v) is 5.47. The highest BCUT2D eigenvalue weighted by Crippen LogP contribution is 2.30. The highest BCUT2D eigenvalue weighted by molar-refractivity contribution is 7.89. The van der Waals surface area contributed by atoms with Crippen LogP contribution >= 0.6 is 0 Å². The van der Waals surface area contributed by atoms with Gasteiger partial charge in [0.1, 0.15) is 5.82 Å². The summed E-state index contributed by atoms with van der Waals surface area (Å²) in [5.74, 6) is -1.07. The van der Waals surface area contributed by atoms with Crippen LogP contribution in [0, 0.1) is 5.82 Å². The first kappa shape index (κ1) is 21.4. The molecule has 3 nitrogen and oxygen atoms in total. The number of nitrogens with one attached hydrogen (secondary N) is 1. The van der Waals surface area contributed by atoms with Crippen molar-refractivity contribution in [3.63, 3.8) is 0 Å². The van der Waals surface area contributed by atoms with Crippen LogP contribution in [-0.2, 0) is 29.2 Å². The Labute approximate surface area is 156 Å². The lowest BCUT2D eigenvalue weighted by molar-refractivity contribution is -0.137. The monoisotopic (exact) mass is 403 g/mol. The van der Waals surface area contributed by atoms with Crippen LogP contribution < -0.4 is 4.72 Å². The highest BCUT2D eigenvalue weighted by atomic mass is 32.2. The van der Waals surface area contributed by atoms with Gasteiger partial charge in [-0.25, -0.2) is 17.5 Å². The Morgan fingerprint density at radius 1 is 0.963 bits per heavy atom. The van der Waals surface area contributed by atoms with E-state index in [1.807, 2.05) is 0 Å². The van der Waals surface area contributed by atoms with E-state index >= 15 is 0 Å². The van der Waals surface area contributed by atoms with Gasteiger partial charge in [0.05, 0.1) is 10.5 Å². The fraction of sp³-hybridized carbons (Fsp3) is 0.368. The van der Waals surface area contributed by atoms with Crippen LogP contribution in [0.3, 0.4) is 0 Å². The summed E-state index contributed by atoms with van der Waals surface area (Å²) in [7, 11) is -3.92. The van der Waals surface area contributed by atoms with Gasteiger partial charge >= 0.3 is 6.18 Å². The van der Waals surface area contributed by atoms with Crippen LogP contribution in [-0.4, -0.2) is 8.42 Å². The largest absolute Gasteiger partial charge is 0.416 e. The lowest BCUT2D eigenvalue weighted by Crippen LogP contribution is -2.23. The van der Waals surface area contributed by atoms with E-state index in [2.05, 4.69) is 11.6 Å². The number of unbranched alkanes of at least 4 members (excludes halogenated alkanes) is 2.